The van der Waals surface area contributed by atoms with Crippen LogP contribution in [0.3, 0.4) is 0 Å². The topological polar surface area (TPSA) is 69.6 Å². The minimum Gasteiger partial charge on any atom is -0.396 e. The number of hydrogen-bond donors (Lipinski definition) is 2. The fourth-order valence-electron chi connectivity index (χ4n) is 3.31. The van der Waals surface area contributed by atoms with Crippen LogP contribution in [0.15, 0.2) is 24.3 Å². The van der Waals surface area contributed by atoms with Gasteiger partial charge in [0.1, 0.15) is 0 Å². The van der Waals surface area contributed by atoms with Gasteiger partial charge in [-0.15, -0.1) is 0 Å². The molecule has 118 valence electrons. The number of nitrogens with zero attached hydrogens (tertiary/aromatic N) is 1. The number of para-hydroxylation sites is 1. The number of likely N-dealkylation sites (tertiary alicyclic amines) is 1. The largest absolute Gasteiger partial charge is 0.396 e. The van der Waals surface area contributed by atoms with Gasteiger partial charge in [-0.2, -0.15) is 0 Å². The van der Waals surface area contributed by atoms with Gasteiger partial charge in [-0.3, -0.25) is 9.59 Å². The van der Waals surface area contributed by atoms with Gasteiger partial charge in [-0.05, 0) is 30.9 Å². The lowest BCUT2D eigenvalue weighted by Crippen LogP contribution is -2.33. The molecule has 0 saturated carbocycles. The first-order valence-corrected chi connectivity index (χ1v) is 7.94. The second-order valence-electron chi connectivity index (χ2n) is 6.26. The van der Waals surface area contributed by atoms with Gasteiger partial charge >= 0.3 is 0 Å². The molecule has 2 heterocycles. The third-order valence-corrected chi connectivity index (χ3v) is 4.72. The summed E-state index contributed by atoms with van der Waals surface area (Å²) in [7, 11) is 0. The lowest BCUT2D eigenvalue weighted by Gasteiger charge is -2.25. The average Bonchev–Trinajstić information content (AvgIpc) is 3.01. The molecule has 1 saturated heterocycles. The third kappa shape index (κ3) is 3.14. The predicted molar refractivity (Wildman–Crippen MR) is 83.3 cm³/mol. The van der Waals surface area contributed by atoms with Crippen LogP contribution in [0.5, 0.6) is 0 Å². The van der Waals surface area contributed by atoms with Gasteiger partial charge in [0.05, 0.1) is 0 Å². The van der Waals surface area contributed by atoms with E-state index in [9.17, 15) is 9.59 Å². The van der Waals surface area contributed by atoms with Gasteiger partial charge in [0, 0.05) is 43.6 Å². The summed E-state index contributed by atoms with van der Waals surface area (Å²) in [6, 6.07) is 7.81. The number of anilines is 1. The van der Waals surface area contributed by atoms with Crippen LogP contribution >= 0.6 is 0 Å². The molecule has 0 aromatic heterocycles. The summed E-state index contributed by atoms with van der Waals surface area (Å²) in [5, 5.41) is 12.1. The van der Waals surface area contributed by atoms with Crippen LogP contribution in [0.1, 0.15) is 24.8 Å². The maximum atomic E-state index is 12.2. The van der Waals surface area contributed by atoms with Crippen LogP contribution in [-0.4, -0.2) is 41.5 Å². The standard InChI is InChI=1S/C17H22N2O3/c20-11-12-7-8-19(10-12)16(21)6-5-14-9-13-3-1-2-4-15(13)18-17(14)22/h1-4,12,14,20H,5-11H2,(H,18,22). The Morgan fingerprint density at radius 1 is 1.36 bits per heavy atom. The first-order chi connectivity index (χ1) is 10.7. The lowest BCUT2D eigenvalue weighted by atomic mass is 9.89. The van der Waals surface area contributed by atoms with Crippen molar-refractivity contribution < 1.29 is 14.7 Å². The molecule has 5 heteroatoms. The highest BCUT2D eigenvalue weighted by atomic mass is 16.3. The van der Waals surface area contributed by atoms with Crippen molar-refractivity contribution in [2.24, 2.45) is 11.8 Å². The zero-order valence-corrected chi connectivity index (χ0v) is 12.6. The second-order valence-corrected chi connectivity index (χ2v) is 6.26. The van der Waals surface area contributed by atoms with E-state index >= 15 is 0 Å². The summed E-state index contributed by atoms with van der Waals surface area (Å²) in [6.45, 7) is 1.52. The molecule has 2 unspecified atom stereocenters. The van der Waals surface area contributed by atoms with Crippen LogP contribution in [0, 0.1) is 11.8 Å². The second kappa shape index (κ2) is 6.48. The van der Waals surface area contributed by atoms with Gasteiger partial charge in [-0.25, -0.2) is 0 Å². The molecule has 0 radical (unpaired) electrons. The number of benzene rings is 1. The van der Waals surface area contributed by atoms with E-state index in [0.717, 1.165) is 24.2 Å². The number of nitrogens with one attached hydrogen (secondary N) is 1. The fraction of sp³-hybridized carbons (Fsp3) is 0.529. The fourth-order valence-corrected chi connectivity index (χ4v) is 3.31. The normalized spacial score (nSPS) is 24.0. The van der Waals surface area contributed by atoms with E-state index in [2.05, 4.69) is 5.32 Å². The summed E-state index contributed by atoms with van der Waals surface area (Å²) in [5.41, 5.74) is 2.03. The smallest absolute Gasteiger partial charge is 0.227 e. The number of rotatable bonds is 4. The predicted octanol–water partition coefficient (Wildman–Crippen LogP) is 1.42. The van der Waals surface area contributed by atoms with Crippen molar-refractivity contribution in [1.82, 2.24) is 4.90 Å². The Bertz CT molecular complexity index is 573. The molecule has 2 aliphatic rings. The Balaban J connectivity index is 1.54. The molecule has 2 aliphatic heterocycles. The highest BCUT2D eigenvalue weighted by Crippen LogP contribution is 2.28. The van der Waals surface area contributed by atoms with E-state index in [4.69, 9.17) is 5.11 Å². The Morgan fingerprint density at radius 3 is 2.95 bits per heavy atom. The van der Waals surface area contributed by atoms with E-state index < -0.39 is 0 Å². The van der Waals surface area contributed by atoms with Crippen molar-refractivity contribution in [3.05, 3.63) is 29.8 Å². The van der Waals surface area contributed by atoms with Crippen molar-refractivity contribution >= 4 is 17.5 Å². The zero-order valence-electron chi connectivity index (χ0n) is 12.6. The maximum absolute atomic E-state index is 12.2. The molecular weight excluding hydrogens is 280 g/mol. The van der Waals surface area contributed by atoms with Gasteiger partial charge < -0.3 is 15.3 Å². The van der Waals surface area contributed by atoms with Crippen molar-refractivity contribution in [1.29, 1.82) is 0 Å². The van der Waals surface area contributed by atoms with Crippen LogP contribution in [0.2, 0.25) is 0 Å². The van der Waals surface area contributed by atoms with E-state index in [0.29, 0.717) is 25.8 Å². The molecule has 2 atom stereocenters. The van der Waals surface area contributed by atoms with E-state index in [1.54, 1.807) is 0 Å². The van der Waals surface area contributed by atoms with Gasteiger partial charge in [0.2, 0.25) is 11.8 Å². The molecule has 1 aromatic carbocycles. The van der Waals surface area contributed by atoms with Crippen molar-refractivity contribution in [2.45, 2.75) is 25.7 Å². The van der Waals surface area contributed by atoms with Crippen LogP contribution in [0.4, 0.5) is 5.69 Å². The molecule has 2 N–H and O–H groups in total. The van der Waals surface area contributed by atoms with Crippen molar-refractivity contribution in [3.8, 4) is 0 Å². The summed E-state index contributed by atoms with van der Waals surface area (Å²) < 4.78 is 0. The lowest BCUT2D eigenvalue weighted by molar-refractivity contribution is -0.130. The Morgan fingerprint density at radius 2 is 2.18 bits per heavy atom. The summed E-state index contributed by atoms with van der Waals surface area (Å²) in [5.74, 6) is 0.202. The number of aliphatic hydroxyl groups is 1. The van der Waals surface area contributed by atoms with Gasteiger partial charge in [0.25, 0.3) is 0 Å². The Kier molecular flexibility index (Phi) is 4.43. The van der Waals surface area contributed by atoms with Crippen molar-refractivity contribution in [2.75, 3.05) is 25.0 Å². The van der Waals surface area contributed by atoms with Crippen LogP contribution in [-0.2, 0) is 16.0 Å². The number of carbonyl (C=O) groups excluding carboxylic acids is 2. The molecule has 1 fully saturated rings. The van der Waals surface area contributed by atoms with Crippen molar-refractivity contribution in [3.63, 3.8) is 0 Å². The first kappa shape index (κ1) is 15.0. The van der Waals surface area contributed by atoms with E-state index in [-0.39, 0.29) is 30.3 Å². The van der Waals surface area contributed by atoms with Gasteiger partial charge in [-0.1, -0.05) is 18.2 Å². The minimum absolute atomic E-state index is 0.0150. The number of amides is 2. The Labute approximate surface area is 130 Å². The number of fused-ring (bicyclic) bond motifs is 1. The SMILES string of the molecule is O=C1Nc2ccccc2CC1CCC(=O)N1CCC(CO)C1. The molecule has 2 amide bonds. The molecule has 1 aromatic rings. The Hall–Kier alpha value is -1.88. The van der Waals surface area contributed by atoms with Crippen LogP contribution in [0.25, 0.3) is 0 Å². The highest BCUT2D eigenvalue weighted by Gasteiger charge is 2.29. The first-order valence-electron chi connectivity index (χ1n) is 7.94. The monoisotopic (exact) mass is 302 g/mol. The molecule has 0 aliphatic carbocycles. The molecule has 22 heavy (non-hydrogen) atoms. The van der Waals surface area contributed by atoms with Gasteiger partial charge in [0.15, 0.2) is 0 Å². The molecule has 0 spiro atoms. The summed E-state index contributed by atoms with van der Waals surface area (Å²) >= 11 is 0. The highest BCUT2D eigenvalue weighted by molar-refractivity contribution is 5.96. The van der Waals surface area contributed by atoms with E-state index in [1.165, 1.54) is 0 Å². The average molecular weight is 302 g/mol. The number of hydrogen-bond acceptors (Lipinski definition) is 3. The molecule has 5 nitrogen and oxygen atoms in total. The number of aliphatic hydroxyl groups excluding tert-OH is 1. The summed E-state index contributed by atoms with van der Waals surface area (Å²) in [4.78, 5) is 26.1. The maximum Gasteiger partial charge on any atom is 0.227 e. The third-order valence-electron chi connectivity index (χ3n) is 4.72. The zero-order chi connectivity index (χ0) is 15.5. The molecule has 0 bridgehead atoms. The number of carbonyl (C=O) groups is 2. The molecular formula is C17H22N2O3. The summed E-state index contributed by atoms with van der Waals surface area (Å²) in [6.07, 6.45) is 2.56. The van der Waals surface area contributed by atoms with E-state index in [1.807, 2.05) is 29.2 Å². The minimum atomic E-state index is -0.130. The van der Waals surface area contributed by atoms with Crippen LogP contribution < -0.4 is 5.32 Å². The quantitative estimate of drug-likeness (QED) is 0.884. The molecule has 3 rings (SSSR count).